The van der Waals surface area contributed by atoms with E-state index in [9.17, 15) is 0 Å². The van der Waals surface area contributed by atoms with Crippen LogP contribution in [0.25, 0.3) is 5.57 Å². The van der Waals surface area contributed by atoms with Gasteiger partial charge in [-0.25, -0.2) is 4.98 Å². The lowest BCUT2D eigenvalue weighted by Gasteiger charge is -2.07. The molecule has 0 bridgehead atoms. The molecule has 2 rings (SSSR count). The number of allylic oxidation sites excluding steroid dienone is 2. The molecule has 1 aromatic rings. The summed E-state index contributed by atoms with van der Waals surface area (Å²) in [6.07, 6.45) is 2.51. The number of aromatic nitrogens is 1. The molecule has 13 heavy (non-hydrogen) atoms. The minimum absolute atomic E-state index is 0.569. The smallest absolute Gasteiger partial charge is 0.180 e. The third-order valence-corrected chi connectivity index (χ3v) is 2.93. The van der Waals surface area contributed by atoms with Gasteiger partial charge < -0.3 is 5.73 Å². The Hall–Kier alpha value is -0.830. The van der Waals surface area contributed by atoms with Gasteiger partial charge in [-0.3, -0.25) is 0 Å². The zero-order valence-electron chi connectivity index (χ0n) is 8.00. The Balaban J connectivity index is 2.37. The van der Waals surface area contributed by atoms with Crippen molar-refractivity contribution in [2.45, 2.75) is 26.7 Å². The second-order valence-corrected chi connectivity index (χ2v) is 4.63. The maximum atomic E-state index is 5.62. The van der Waals surface area contributed by atoms with Gasteiger partial charge in [-0.2, -0.15) is 0 Å². The average molecular weight is 194 g/mol. The van der Waals surface area contributed by atoms with Gasteiger partial charge in [-0.05, 0) is 24.3 Å². The normalized spacial score (nSPS) is 15.2. The van der Waals surface area contributed by atoms with Crippen molar-refractivity contribution in [2.75, 3.05) is 5.73 Å². The van der Waals surface area contributed by atoms with Crippen molar-refractivity contribution in [3.8, 4) is 0 Å². The highest BCUT2D eigenvalue weighted by atomic mass is 32.1. The predicted octanol–water partition coefficient (Wildman–Crippen LogP) is 2.93. The molecular weight excluding hydrogens is 180 g/mol. The molecule has 3 heteroatoms. The number of nitrogens with zero attached hydrogens (tertiary/aromatic N) is 1. The van der Waals surface area contributed by atoms with Crippen LogP contribution < -0.4 is 5.73 Å². The van der Waals surface area contributed by atoms with Crippen LogP contribution in [0.5, 0.6) is 0 Å². The summed E-state index contributed by atoms with van der Waals surface area (Å²) in [4.78, 5) is 4.33. The number of thiazole rings is 1. The molecule has 0 aliphatic heterocycles. The summed E-state index contributed by atoms with van der Waals surface area (Å²) in [6, 6.07) is 0. The van der Waals surface area contributed by atoms with Gasteiger partial charge in [0.1, 0.15) is 0 Å². The van der Waals surface area contributed by atoms with Gasteiger partial charge in [0.15, 0.2) is 5.13 Å². The number of anilines is 1. The van der Waals surface area contributed by atoms with Gasteiger partial charge >= 0.3 is 0 Å². The molecule has 1 fully saturated rings. The molecule has 0 atom stereocenters. The largest absolute Gasteiger partial charge is 0.375 e. The van der Waals surface area contributed by atoms with Gasteiger partial charge in [0.25, 0.3) is 0 Å². The lowest BCUT2D eigenvalue weighted by atomic mass is 10.00. The Morgan fingerprint density at radius 1 is 1.54 bits per heavy atom. The van der Waals surface area contributed by atoms with Gasteiger partial charge in [0.2, 0.25) is 0 Å². The molecule has 0 spiro atoms. The van der Waals surface area contributed by atoms with Crippen LogP contribution >= 0.6 is 11.3 Å². The van der Waals surface area contributed by atoms with Crippen molar-refractivity contribution in [1.82, 2.24) is 4.98 Å². The first-order valence-electron chi connectivity index (χ1n) is 4.61. The summed E-state index contributed by atoms with van der Waals surface area (Å²) < 4.78 is 0. The molecule has 0 aromatic carbocycles. The van der Waals surface area contributed by atoms with Crippen LogP contribution in [0, 0.1) is 5.92 Å². The maximum Gasteiger partial charge on any atom is 0.180 e. The van der Waals surface area contributed by atoms with Gasteiger partial charge in [-0.15, -0.1) is 11.3 Å². The third kappa shape index (κ3) is 1.75. The summed E-state index contributed by atoms with van der Waals surface area (Å²) in [5, 5.41) is 2.74. The van der Waals surface area contributed by atoms with Crippen molar-refractivity contribution < 1.29 is 0 Å². The molecule has 2 N–H and O–H groups in total. The van der Waals surface area contributed by atoms with Crippen molar-refractivity contribution in [2.24, 2.45) is 5.92 Å². The van der Waals surface area contributed by atoms with Crippen LogP contribution in [0.1, 0.15) is 32.4 Å². The lowest BCUT2D eigenvalue weighted by molar-refractivity contribution is 0.848. The number of hydrogen-bond acceptors (Lipinski definition) is 3. The molecule has 70 valence electrons. The van der Waals surface area contributed by atoms with Crippen molar-refractivity contribution in [1.29, 1.82) is 0 Å². The molecular formula is C10H14N2S. The fraction of sp³-hybridized carbons (Fsp3) is 0.500. The highest BCUT2D eigenvalue weighted by Gasteiger charge is 2.22. The summed E-state index contributed by atoms with van der Waals surface area (Å²) in [7, 11) is 0. The molecule has 1 aromatic heterocycles. The van der Waals surface area contributed by atoms with E-state index in [-0.39, 0.29) is 0 Å². The number of rotatable bonds is 2. The van der Waals surface area contributed by atoms with E-state index < -0.39 is 0 Å². The standard InChI is InChI=1S/C10H14N2S/c1-6(2)9(7-3-4-7)8-5-13-10(11)12-8/h5-6H,3-4H2,1-2H3,(H2,11,12). The van der Waals surface area contributed by atoms with Crippen molar-refractivity contribution in [3.63, 3.8) is 0 Å². The Labute approximate surface area is 82.5 Å². The Morgan fingerprint density at radius 2 is 2.23 bits per heavy atom. The zero-order chi connectivity index (χ0) is 9.42. The first kappa shape index (κ1) is 8.75. The molecule has 1 saturated carbocycles. The van der Waals surface area contributed by atoms with Gasteiger partial charge in [0.05, 0.1) is 5.69 Å². The van der Waals surface area contributed by atoms with Crippen LogP contribution in [-0.4, -0.2) is 4.98 Å². The van der Waals surface area contributed by atoms with Crippen LogP contribution in [0.4, 0.5) is 5.13 Å². The van der Waals surface area contributed by atoms with Gasteiger partial charge in [-0.1, -0.05) is 19.4 Å². The molecule has 2 nitrogen and oxygen atoms in total. The second-order valence-electron chi connectivity index (χ2n) is 3.74. The highest BCUT2D eigenvalue weighted by molar-refractivity contribution is 7.13. The summed E-state index contributed by atoms with van der Waals surface area (Å²) in [5.41, 5.74) is 9.72. The van der Waals surface area contributed by atoms with E-state index in [2.05, 4.69) is 24.2 Å². The van der Waals surface area contributed by atoms with Crippen LogP contribution in [0.2, 0.25) is 0 Å². The van der Waals surface area contributed by atoms with Crippen molar-refractivity contribution in [3.05, 3.63) is 16.6 Å². The molecule has 0 saturated heterocycles. The Bertz CT molecular complexity index is 344. The third-order valence-electron chi connectivity index (χ3n) is 2.26. The topological polar surface area (TPSA) is 38.9 Å². The fourth-order valence-electron chi connectivity index (χ4n) is 1.63. The van der Waals surface area contributed by atoms with E-state index in [1.807, 2.05) is 0 Å². The monoisotopic (exact) mass is 194 g/mol. The molecule has 1 aliphatic carbocycles. The Kier molecular flexibility index (Phi) is 2.12. The average Bonchev–Trinajstić information content (AvgIpc) is 2.76. The molecule has 0 unspecified atom stereocenters. The molecule has 1 aliphatic rings. The first-order chi connectivity index (χ1) is 6.18. The second kappa shape index (κ2) is 3.14. The summed E-state index contributed by atoms with van der Waals surface area (Å²) >= 11 is 1.53. The molecule has 0 radical (unpaired) electrons. The quantitative estimate of drug-likeness (QED) is 0.786. The lowest BCUT2D eigenvalue weighted by Crippen LogP contribution is -1.95. The van der Waals surface area contributed by atoms with E-state index in [1.165, 1.54) is 29.8 Å². The summed E-state index contributed by atoms with van der Waals surface area (Å²) in [5.74, 6) is 0.569. The first-order valence-corrected chi connectivity index (χ1v) is 5.49. The number of nitrogens with two attached hydrogens (primary N) is 1. The highest BCUT2D eigenvalue weighted by Crippen LogP contribution is 2.40. The SMILES string of the molecule is CC(C)C(=C1CC1)c1csc(N)n1. The zero-order valence-corrected chi connectivity index (χ0v) is 8.82. The Morgan fingerprint density at radius 3 is 2.62 bits per heavy atom. The van der Waals surface area contributed by atoms with Crippen LogP contribution in [-0.2, 0) is 0 Å². The minimum atomic E-state index is 0.569. The van der Waals surface area contributed by atoms with Crippen LogP contribution in [0.15, 0.2) is 11.0 Å². The molecule has 0 amide bonds. The van der Waals surface area contributed by atoms with Gasteiger partial charge in [0, 0.05) is 5.38 Å². The number of hydrogen-bond donors (Lipinski definition) is 1. The summed E-state index contributed by atoms with van der Waals surface area (Å²) in [6.45, 7) is 4.44. The van der Waals surface area contributed by atoms with Crippen molar-refractivity contribution >= 4 is 22.0 Å². The molecule has 1 heterocycles. The van der Waals surface area contributed by atoms with E-state index in [0.29, 0.717) is 11.0 Å². The maximum absolute atomic E-state index is 5.62. The number of nitrogen functional groups attached to an aromatic ring is 1. The van der Waals surface area contributed by atoms with E-state index in [1.54, 1.807) is 5.57 Å². The van der Waals surface area contributed by atoms with E-state index >= 15 is 0 Å². The van der Waals surface area contributed by atoms with E-state index in [4.69, 9.17) is 5.73 Å². The predicted molar refractivity (Wildman–Crippen MR) is 57.5 cm³/mol. The van der Waals surface area contributed by atoms with E-state index in [0.717, 1.165) is 5.69 Å². The minimum Gasteiger partial charge on any atom is -0.375 e. The fourth-order valence-corrected chi connectivity index (χ4v) is 2.19. The van der Waals surface area contributed by atoms with Crippen LogP contribution in [0.3, 0.4) is 0 Å².